The molecule has 0 aliphatic heterocycles. The normalized spacial score (nSPS) is 9.62. The van der Waals surface area contributed by atoms with Crippen molar-refractivity contribution in [2.45, 2.75) is 6.92 Å². The number of Topliss-reactive ketones (excluding diaryl/α,β-unsaturated/α-hetero) is 1. The quantitative estimate of drug-likeness (QED) is 0.598. The minimum Gasteiger partial charge on any atom is -0.294 e. The van der Waals surface area contributed by atoms with E-state index >= 15 is 0 Å². The summed E-state index contributed by atoms with van der Waals surface area (Å²) in [6.07, 6.45) is 0. The van der Waals surface area contributed by atoms with Crippen LogP contribution in [0.25, 0.3) is 10.8 Å². The predicted molar refractivity (Wildman–Crippen MR) is 51.6 cm³/mol. The zero-order valence-corrected chi connectivity index (χ0v) is 7.29. The Morgan fingerprint density at radius 1 is 1.31 bits per heavy atom. The van der Waals surface area contributed by atoms with E-state index in [1.807, 2.05) is 24.3 Å². The van der Waals surface area contributed by atoms with Gasteiger partial charge in [-0.1, -0.05) is 30.3 Å². The summed E-state index contributed by atoms with van der Waals surface area (Å²) in [5, 5.41) is 1.89. The summed E-state index contributed by atoms with van der Waals surface area (Å²) in [6.45, 7) is 1.57. The standard InChI is InChI=1S/C12H8O/c1-9(13)11-8-4-6-10-5-2-3-7-12(10)11/h2-3,5,7-8H,1H3. The molecular formula is C12H8O. The van der Waals surface area contributed by atoms with E-state index < -0.39 is 0 Å². The average Bonchev–Trinajstić information content (AvgIpc) is 2.17. The van der Waals surface area contributed by atoms with Gasteiger partial charge in [0.05, 0.1) is 0 Å². The van der Waals surface area contributed by atoms with Crippen LogP contribution in [0.5, 0.6) is 0 Å². The Morgan fingerprint density at radius 2 is 2.08 bits per heavy atom. The Kier molecular flexibility index (Phi) is 1.75. The Hall–Kier alpha value is -1.81. The highest BCUT2D eigenvalue weighted by atomic mass is 16.1. The fraction of sp³-hybridized carbons (Fsp3) is 0.0833. The predicted octanol–water partition coefficient (Wildman–Crippen LogP) is 2.64. The molecular weight excluding hydrogens is 160 g/mol. The molecule has 0 amide bonds. The third-order valence-corrected chi connectivity index (χ3v) is 2.02. The van der Waals surface area contributed by atoms with E-state index in [0.717, 1.165) is 10.8 Å². The molecule has 0 spiro atoms. The Morgan fingerprint density at radius 3 is 2.85 bits per heavy atom. The van der Waals surface area contributed by atoms with Crippen LogP contribution in [0.15, 0.2) is 30.3 Å². The lowest BCUT2D eigenvalue weighted by Crippen LogP contribution is -1.91. The molecule has 0 N–H and O–H groups in total. The van der Waals surface area contributed by atoms with E-state index in [2.05, 4.69) is 12.1 Å². The first-order valence-corrected chi connectivity index (χ1v) is 4.11. The molecule has 13 heavy (non-hydrogen) atoms. The van der Waals surface area contributed by atoms with Crippen molar-refractivity contribution >= 4 is 16.6 Å². The molecule has 2 aromatic rings. The van der Waals surface area contributed by atoms with Crippen LogP contribution in [-0.2, 0) is 0 Å². The summed E-state index contributed by atoms with van der Waals surface area (Å²) in [5.74, 6) is 0.0708. The molecule has 0 aliphatic carbocycles. The zero-order chi connectivity index (χ0) is 9.26. The molecule has 0 aromatic heterocycles. The molecule has 2 aromatic carbocycles. The van der Waals surface area contributed by atoms with Gasteiger partial charge < -0.3 is 0 Å². The summed E-state index contributed by atoms with van der Waals surface area (Å²) in [4.78, 5) is 11.2. The van der Waals surface area contributed by atoms with E-state index in [1.165, 1.54) is 0 Å². The van der Waals surface area contributed by atoms with Crippen LogP contribution in [0.1, 0.15) is 17.3 Å². The van der Waals surface area contributed by atoms with Gasteiger partial charge in [0, 0.05) is 16.3 Å². The van der Waals surface area contributed by atoms with Crippen LogP contribution < -0.4 is 0 Å². The number of rotatable bonds is 1. The van der Waals surface area contributed by atoms with Crippen LogP contribution in [-0.4, -0.2) is 5.78 Å². The molecule has 0 atom stereocenters. The van der Waals surface area contributed by atoms with Crippen molar-refractivity contribution in [1.29, 1.82) is 0 Å². The summed E-state index contributed by atoms with van der Waals surface area (Å²) in [7, 11) is 0. The van der Waals surface area contributed by atoms with Crippen molar-refractivity contribution in [3.63, 3.8) is 0 Å². The minimum absolute atomic E-state index is 0.0708. The molecule has 0 radical (unpaired) electrons. The molecule has 62 valence electrons. The van der Waals surface area contributed by atoms with Gasteiger partial charge in [0.2, 0.25) is 0 Å². The first kappa shape index (κ1) is 7.82. The van der Waals surface area contributed by atoms with Crippen molar-refractivity contribution in [2.75, 3.05) is 0 Å². The van der Waals surface area contributed by atoms with Gasteiger partial charge in [0.15, 0.2) is 5.78 Å². The molecule has 0 fully saturated rings. The fourth-order valence-electron chi connectivity index (χ4n) is 1.38. The van der Waals surface area contributed by atoms with Gasteiger partial charge in [-0.15, -0.1) is 0 Å². The van der Waals surface area contributed by atoms with Gasteiger partial charge in [0.1, 0.15) is 0 Å². The molecule has 0 unspecified atom stereocenters. The number of ketones is 1. The SMILES string of the molecule is CC(=O)c1cc#cc2ccccc12. The third kappa shape index (κ3) is 1.27. The van der Waals surface area contributed by atoms with Gasteiger partial charge >= 0.3 is 0 Å². The highest BCUT2D eigenvalue weighted by molar-refractivity contribution is 6.06. The second-order valence-corrected chi connectivity index (χ2v) is 2.93. The molecule has 0 heterocycles. The Bertz CT molecular complexity index is 452. The first-order valence-electron chi connectivity index (χ1n) is 4.11. The third-order valence-electron chi connectivity index (χ3n) is 2.02. The average molecular weight is 168 g/mol. The number of carbonyl (C=O) groups is 1. The second kappa shape index (κ2) is 2.91. The van der Waals surface area contributed by atoms with Gasteiger partial charge in [-0.05, 0) is 19.1 Å². The van der Waals surface area contributed by atoms with Crippen molar-refractivity contribution < 1.29 is 4.79 Å². The molecule has 1 nitrogen and oxygen atoms in total. The highest BCUT2D eigenvalue weighted by Crippen LogP contribution is 2.15. The van der Waals surface area contributed by atoms with E-state index in [9.17, 15) is 4.79 Å². The highest BCUT2D eigenvalue weighted by Gasteiger charge is 2.02. The monoisotopic (exact) mass is 168 g/mol. The maximum Gasteiger partial charge on any atom is 0.161 e. The lowest BCUT2D eigenvalue weighted by molar-refractivity contribution is 0.101. The topological polar surface area (TPSA) is 17.1 Å². The number of hydrogen-bond acceptors (Lipinski definition) is 1. The number of hydrogen-bond donors (Lipinski definition) is 0. The van der Waals surface area contributed by atoms with Gasteiger partial charge in [-0.25, -0.2) is 0 Å². The maximum atomic E-state index is 11.2. The van der Waals surface area contributed by atoms with E-state index in [1.54, 1.807) is 13.0 Å². The van der Waals surface area contributed by atoms with Crippen LogP contribution >= 0.6 is 0 Å². The van der Waals surface area contributed by atoms with Crippen molar-refractivity contribution in [1.82, 2.24) is 0 Å². The maximum absolute atomic E-state index is 11.2. The Labute approximate surface area is 77.0 Å². The number of carbonyl (C=O) groups excluding carboxylic acids is 1. The summed E-state index contributed by atoms with van der Waals surface area (Å²) in [6, 6.07) is 15.2. The minimum atomic E-state index is 0.0708. The van der Waals surface area contributed by atoms with Crippen LogP contribution in [0.4, 0.5) is 0 Å². The van der Waals surface area contributed by atoms with E-state index in [4.69, 9.17) is 0 Å². The smallest absolute Gasteiger partial charge is 0.161 e. The summed E-state index contributed by atoms with van der Waals surface area (Å²) >= 11 is 0. The van der Waals surface area contributed by atoms with Crippen molar-refractivity contribution in [2.24, 2.45) is 0 Å². The zero-order valence-electron chi connectivity index (χ0n) is 7.29. The Balaban J connectivity index is 2.83. The van der Waals surface area contributed by atoms with Crippen LogP contribution in [0, 0.1) is 12.1 Å². The lowest BCUT2D eigenvalue weighted by atomic mass is 10.0. The van der Waals surface area contributed by atoms with Gasteiger partial charge in [0.25, 0.3) is 0 Å². The molecule has 0 aliphatic rings. The van der Waals surface area contributed by atoms with Crippen LogP contribution in [0.3, 0.4) is 0 Å². The second-order valence-electron chi connectivity index (χ2n) is 2.93. The van der Waals surface area contributed by atoms with Gasteiger partial charge in [-0.3, -0.25) is 4.79 Å². The molecule has 1 heteroatoms. The fourth-order valence-corrected chi connectivity index (χ4v) is 1.38. The number of benzene rings is 1. The van der Waals surface area contributed by atoms with Crippen LogP contribution in [0.2, 0.25) is 0 Å². The largest absolute Gasteiger partial charge is 0.294 e. The van der Waals surface area contributed by atoms with E-state index in [0.29, 0.717) is 5.56 Å². The molecule has 0 saturated carbocycles. The van der Waals surface area contributed by atoms with Crippen molar-refractivity contribution in [3.05, 3.63) is 48.0 Å². The summed E-state index contributed by atoms with van der Waals surface area (Å²) < 4.78 is 0. The molecule has 0 saturated heterocycles. The van der Waals surface area contributed by atoms with Gasteiger partial charge in [-0.2, -0.15) is 0 Å². The molecule has 0 bridgehead atoms. The lowest BCUT2D eigenvalue weighted by Gasteiger charge is -1.98. The summed E-state index contributed by atoms with van der Waals surface area (Å²) in [5.41, 5.74) is 0.717. The number of fused-ring (bicyclic) bond motifs is 1. The van der Waals surface area contributed by atoms with E-state index in [-0.39, 0.29) is 5.78 Å². The first-order chi connectivity index (χ1) is 6.29. The van der Waals surface area contributed by atoms with Crippen molar-refractivity contribution in [3.8, 4) is 0 Å². The molecule has 2 rings (SSSR count).